The standard InChI is InChI=1S/C22H30BrFN2O4S2/c1-5-6-13-31(27)25-22(2,20-14-18(23)9-12-21(20)24)16-32(28,29)26(3)15-17-7-10-19(30-4)11-8-17/h7-12,14,25H,5-6,13,15-16H2,1-4H3/t22-,31?/m0/s1. The van der Waals surface area contributed by atoms with Crippen LogP contribution >= 0.6 is 15.9 Å². The van der Waals surface area contributed by atoms with Crippen molar-refractivity contribution in [2.24, 2.45) is 0 Å². The van der Waals surface area contributed by atoms with Crippen LogP contribution in [0.3, 0.4) is 0 Å². The Hall–Kier alpha value is -1.17. The zero-order valence-corrected chi connectivity index (χ0v) is 21.9. The highest BCUT2D eigenvalue weighted by atomic mass is 79.9. The summed E-state index contributed by atoms with van der Waals surface area (Å²) in [6, 6.07) is 11.4. The molecule has 0 saturated carbocycles. The molecule has 2 aromatic rings. The predicted octanol–water partition coefficient (Wildman–Crippen LogP) is 4.33. The second-order valence-electron chi connectivity index (χ2n) is 7.82. The number of hydrogen-bond acceptors (Lipinski definition) is 5. The molecule has 0 bridgehead atoms. The maximum atomic E-state index is 14.8. The van der Waals surface area contributed by atoms with Crippen molar-refractivity contribution in [2.45, 2.75) is 38.8 Å². The molecule has 6 nitrogen and oxygen atoms in total. The van der Waals surface area contributed by atoms with Crippen LogP contribution in [-0.4, -0.2) is 42.9 Å². The maximum absolute atomic E-state index is 14.8. The molecule has 1 unspecified atom stereocenters. The van der Waals surface area contributed by atoms with E-state index in [1.165, 1.54) is 29.6 Å². The monoisotopic (exact) mass is 548 g/mol. The van der Waals surface area contributed by atoms with Gasteiger partial charge in [-0.15, -0.1) is 4.72 Å². The third-order valence-electron chi connectivity index (χ3n) is 5.06. The summed E-state index contributed by atoms with van der Waals surface area (Å²) in [4.78, 5) is 0. The Morgan fingerprint density at radius 2 is 1.91 bits per heavy atom. The zero-order chi connectivity index (χ0) is 23.9. The van der Waals surface area contributed by atoms with Crippen molar-refractivity contribution in [3.8, 4) is 5.75 Å². The van der Waals surface area contributed by atoms with Crippen LogP contribution in [0.2, 0.25) is 0 Å². The summed E-state index contributed by atoms with van der Waals surface area (Å²) < 4.78 is 63.8. The molecule has 0 radical (unpaired) electrons. The van der Waals surface area contributed by atoms with Gasteiger partial charge >= 0.3 is 0 Å². The van der Waals surface area contributed by atoms with Gasteiger partial charge in [-0.3, -0.25) is 0 Å². The highest BCUT2D eigenvalue weighted by molar-refractivity contribution is 9.10. The minimum Gasteiger partial charge on any atom is -0.598 e. The van der Waals surface area contributed by atoms with Crippen LogP contribution in [-0.2, 0) is 33.5 Å². The molecule has 0 fully saturated rings. The molecule has 0 aliphatic heterocycles. The Morgan fingerprint density at radius 3 is 2.50 bits per heavy atom. The average Bonchev–Trinajstić information content (AvgIpc) is 2.74. The molecular weight excluding hydrogens is 519 g/mol. The van der Waals surface area contributed by atoms with Gasteiger partial charge in [0.25, 0.3) is 0 Å². The van der Waals surface area contributed by atoms with E-state index in [0.717, 1.165) is 12.0 Å². The summed E-state index contributed by atoms with van der Waals surface area (Å²) in [6.45, 7) is 3.69. The van der Waals surface area contributed by atoms with Crippen molar-refractivity contribution in [1.29, 1.82) is 0 Å². The molecule has 0 aliphatic rings. The number of ether oxygens (including phenoxy) is 1. The zero-order valence-electron chi connectivity index (χ0n) is 18.7. The van der Waals surface area contributed by atoms with Crippen LogP contribution in [0.5, 0.6) is 5.75 Å². The van der Waals surface area contributed by atoms with E-state index in [1.54, 1.807) is 38.3 Å². The van der Waals surface area contributed by atoms with Crippen LogP contribution in [0.4, 0.5) is 4.39 Å². The fourth-order valence-electron chi connectivity index (χ4n) is 3.22. The van der Waals surface area contributed by atoms with Gasteiger partial charge in [-0.1, -0.05) is 41.4 Å². The Labute approximate surface area is 202 Å². The van der Waals surface area contributed by atoms with Gasteiger partial charge < -0.3 is 9.29 Å². The van der Waals surface area contributed by atoms with Crippen molar-refractivity contribution in [2.75, 3.05) is 25.7 Å². The molecule has 10 heteroatoms. The molecule has 2 aromatic carbocycles. The Morgan fingerprint density at radius 1 is 1.25 bits per heavy atom. The fraction of sp³-hybridized carbons (Fsp3) is 0.455. The number of halogens is 2. The predicted molar refractivity (Wildman–Crippen MR) is 131 cm³/mol. The minimum absolute atomic E-state index is 0.137. The lowest BCUT2D eigenvalue weighted by Crippen LogP contribution is -2.51. The smallest absolute Gasteiger partial charge is 0.216 e. The second kappa shape index (κ2) is 11.8. The lowest BCUT2D eigenvalue weighted by Gasteiger charge is -2.33. The molecule has 0 saturated heterocycles. The van der Waals surface area contributed by atoms with E-state index in [-0.39, 0.29) is 12.1 Å². The normalized spacial score (nSPS) is 14.9. The number of nitrogens with zero attached hydrogens (tertiary/aromatic N) is 1. The highest BCUT2D eigenvalue weighted by Crippen LogP contribution is 2.30. The molecule has 32 heavy (non-hydrogen) atoms. The molecule has 0 aromatic heterocycles. The van der Waals surface area contributed by atoms with Crippen LogP contribution in [0.1, 0.15) is 37.8 Å². The van der Waals surface area contributed by atoms with Gasteiger partial charge in [-0.2, -0.15) is 0 Å². The number of rotatable bonds is 12. The fourth-order valence-corrected chi connectivity index (χ4v) is 6.54. The van der Waals surface area contributed by atoms with Crippen LogP contribution in [0, 0.1) is 5.82 Å². The van der Waals surface area contributed by atoms with Crippen molar-refractivity contribution in [1.82, 2.24) is 9.03 Å². The third-order valence-corrected chi connectivity index (χ3v) is 8.91. The number of methoxy groups -OCH3 is 1. The van der Waals surface area contributed by atoms with E-state index in [2.05, 4.69) is 20.7 Å². The van der Waals surface area contributed by atoms with E-state index in [1.807, 2.05) is 6.92 Å². The number of hydrogen-bond donors (Lipinski definition) is 1. The van der Waals surface area contributed by atoms with Gasteiger partial charge in [0, 0.05) is 35.0 Å². The quantitative estimate of drug-likeness (QED) is 0.399. The Kier molecular flexibility index (Phi) is 9.99. The topological polar surface area (TPSA) is 81.7 Å². The van der Waals surface area contributed by atoms with Gasteiger partial charge in [0.05, 0.1) is 12.9 Å². The van der Waals surface area contributed by atoms with Crippen molar-refractivity contribution in [3.63, 3.8) is 0 Å². The van der Waals surface area contributed by atoms with E-state index in [9.17, 15) is 17.4 Å². The first-order valence-electron chi connectivity index (χ1n) is 10.2. The highest BCUT2D eigenvalue weighted by Gasteiger charge is 2.40. The van der Waals surface area contributed by atoms with E-state index >= 15 is 0 Å². The molecule has 0 spiro atoms. The van der Waals surface area contributed by atoms with Gasteiger partial charge in [0.15, 0.2) is 0 Å². The Balaban J connectivity index is 2.32. The number of nitrogens with one attached hydrogen (secondary N) is 1. The molecule has 0 aliphatic carbocycles. The lowest BCUT2D eigenvalue weighted by molar-refractivity contribution is 0.412. The summed E-state index contributed by atoms with van der Waals surface area (Å²) in [5.74, 6) is 0.000795. The summed E-state index contributed by atoms with van der Waals surface area (Å²) in [6.07, 6.45) is 1.55. The molecule has 178 valence electrons. The molecule has 2 rings (SSSR count). The number of sulfonamides is 1. The largest absolute Gasteiger partial charge is 0.598 e. The van der Waals surface area contributed by atoms with Crippen molar-refractivity contribution >= 4 is 37.3 Å². The second-order valence-corrected chi connectivity index (χ2v) is 12.1. The molecule has 2 atom stereocenters. The summed E-state index contributed by atoms with van der Waals surface area (Å²) >= 11 is 1.80. The third kappa shape index (κ3) is 7.43. The average molecular weight is 550 g/mol. The number of unbranched alkanes of at least 4 members (excludes halogenated alkanes) is 1. The summed E-state index contributed by atoms with van der Waals surface area (Å²) in [7, 11) is -0.815. The SMILES string of the molecule is CCCC[S+]([O-])N[C@@](C)(CS(=O)(=O)N(C)Cc1ccc(OC)cc1)c1cc(Br)ccc1F. The number of benzene rings is 2. The van der Waals surface area contributed by atoms with Crippen LogP contribution in [0.15, 0.2) is 46.9 Å². The van der Waals surface area contributed by atoms with E-state index in [4.69, 9.17) is 4.74 Å². The van der Waals surface area contributed by atoms with Gasteiger partial charge in [-0.25, -0.2) is 17.1 Å². The van der Waals surface area contributed by atoms with Gasteiger partial charge in [0.2, 0.25) is 10.0 Å². The van der Waals surface area contributed by atoms with Crippen molar-refractivity contribution < 1.29 is 22.1 Å². The maximum Gasteiger partial charge on any atom is 0.216 e. The molecule has 0 heterocycles. The van der Waals surface area contributed by atoms with Gasteiger partial charge in [0.1, 0.15) is 22.9 Å². The Bertz CT molecular complexity index is 992. The lowest BCUT2D eigenvalue weighted by atomic mass is 9.95. The van der Waals surface area contributed by atoms with Gasteiger partial charge in [-0.05, 0) is 49.2 Å². The van der Waals surface area contributed by atoms with Crippen LogP contribution in [0.25, 0.3) is 0 Å². The molecule has 1 N–H and O–H groups in total. The van der Waals surface area contributed by atoms with Crippen LogP contribution < -0.4 is 9.46 Å². The summed E-state index contributed by atoms with van der Waals surface area (Å²) in [5.41, 5.74) is -0.482. The molecule has 0 amide bonds. The van der Waals surface area contributed by atoms with Crippen molar-refractivity contribution in [3.05, 3.63) is 63.9 Å². The van der Waals surface area contributed by atoms with E-state index < -0.39 is 38.5 Å². The van der Waals surface area contributed by atoms with E-state index in [0.29, 0.717) is 22.4 Å². The first kappa shape index (κ1) is 27.1. The molecular formula is C22H30BrFN2O4S2. The first-order chi connectivity index (χ1) is 15.0. The minimum atomic E-state index is -3.85. The summed E-state index contributed by atoms with van der Waals surface area (Å²) in [5, 5.41) is 0. The first-order valence-corrected chi connectivity index (χ1v) is 13.9.